The van der Waals surface area contributed by atoms with Crippen molar-refractivity contribution in [1.82, 2.24) is 15.5 Å². The van der Waals surface area contributed by atoms with E-state index in [-0.39, 0.29) is 11.9 Å². The van der Waals surface area contributed by atoms with Crippen molar-refractivity contribution in [3.8, 4) is 0 Å². The number of carbonyl (C=O) groups excluding carboxylic acids is 1. The Labute approximate surface area is 91.2 Å². The van der Waals surface area contributed by atoms with Gasteiger partial charge in [0.25, 0.3) is 0 Å². The van der Waals surface area contributed by atoms with Gasteiger partial charge >= 0.3 is 0 Å². The average Bonchev–Trinajstić information content (AvgIpc) is 2.29. The van der Waals surface area contributed by atoms with Crippen LogP contribution in [0.15, 0.2) is 0 Å². The molecule has 15 heavy (non-hydrogen) atoms. The summed E-state index contributed by atoms with van der Waals surface area (Å²) in [5, 5.41) is 6.12. The van der Waals surface area contributed by atoms with Crippen LogP contribution >= 0.6 is 0 Å². The van der Waals surface area contributed by atoms with Gasteiger partial charge in [0.1, 0.15) is 0 Å². The van der Waals surface area contributed by atoms with Crippen LogP contribution in [0.4, 0.5) is 0 Å². The summed E-state index contributed by atoms with van der Waals surface area (Å²) in [5.74, 6) is 0.0916. The summed E-state index contributed by atoms with van der Waals surface area (Å²) in [4.78, 5) is 13.9. The summed E-state index contributed by atoms with van der Waals surface area (Å²) in [6.07, 6.45) is 0. The number of methoxy groups -OCH3 is 1. The molecular weight excluding hydrogens is 194 g/mol. The largest absolute Gasteiger partial charge is 0.383 e. The quantitative estimate of drug-likeness (QED) is 0.580. The summed E-state index contributed by atoms with van der Waals surface area (Å²) < 4.78 is 4.88. The van der Waals surface area contributed by atoms with Crippen LogP contribution in [0.5, 0.6) is 0 Å². The third-order valence-electron chi connectivity index (χ3n) is 2.68. The maximum Gasteiger partial charge on any atom is 0.237 e. The topological polar surface area (TPSA) is 53.6 Å². The van der Waals surface area contributed by atoms with Crippen LogP contribution in [0, 0.1) is 0 Å². The Morgan fingerprint density at radius 1 is 1.53 bits per heavy atom. The smallest absolute Gasteiger partial charge is 0.237 e. The van der Waals surface area contributed by atoms with Crippen LogP contribution in [0.3, 0.4) is 0 Å². The molecule has 0 bridgehead atoms. The second-order valence-electron chi connectivity index (χ2n) is 3.75. The van der Waals surface area contributed by atoms with E-state index in [0.717, 1.165) is 26.2 Å². The van der Waals surface area contributed by atoms with E-state index in [2.05, 4.69) is 15.5 Å². The number of hydrogen-bond acceptors (Lipinski definition) is 4. The Balaban J connectivity index is 2.24. The fourth-order valence-electron chi connectivity index (χ4n) is 1.66. The first kappa shape index (κ1) is 12.4. The number of piperazine rings is 1. The first-order chi connectivity index (χ1) is 7.25. The van der Waals surface area contributed by atoms with E-state index in [9.17, 15) is 4.79 Å². The van der Waals surface area contributed by atoms with Gasteiger partial charge in [-0.2, -0.15) is 0 Å². The van der Waals surface area contributed by atoms with Gasteiger partial charge in [0.2, 0.25) is 5.91 Å². The van der Waals surface area contributed by atoms with E-state index in [1.807, 2.05) is 6.92 Å². The van der Waals surface area contributed by atoms with E-state index in [4.69, 9.17) is 4.74 Å². The molecule has 0 radical (unpaired) electrons. The van der Waals surface area contributed by atoms with Crippen molar-refractivity contribution in [3.63, 3.8) is 0 Å². The van der Waals surface area contributed by atoms with E-state index in [1.165, 1.54) is 0 Å². The molecule has 1 atom stereocenters. The van der Waals surface area contributed by atoms with E-state index in [0.29, 0.717) is 13.2 Å². The molecule has 0 aromatic heterocycles. The first-order valence-corrected chi connectivity index (χ1v) is 5.47. The van der Waals surface area contributed by atoms with Gasteiger partial charge in [0.15, 0.2) is 0 Å². The Bertz CT molecular complexity index is 193. The Kier molecular flexibility index (Phi) is 5.60. The van der Waals surface area contributed by atoms with Crippen molar-refractivity contribution in [2.24, 2.45) is 0 Å². The first-order valence-electron chi connectivity index (χ1n) is 5.47. The number of nitrogens with one attached hydrogen (secondary N) is 2. The van der Waals surface area contributed by atoms with Crippen molar-refractivity contribution < 1.29 is 9.53 Å². The van der Waals surface area contributed by atoms with Crippen LogP contribution in [-0.2, 0) is 9.53 Å². The van der Waals surface area contributed by atoms with Gasteiger partial charge in [-0.1, -0.05) is 0 Å². The lowest BCUT2D eigenvalue weighted by atomic mass is 10.2. The second kappa shape index (κ2) is 6.76. The number of ether oxygens (including phenoxy) is 1. The number of carbonyl (C=O) groups is 1. The standard InChI is InChI=1S/C10H21N3O2/c1-9(10(14)12-5-8-15-2)13-6-3-11-4-7-13/h9,11H,3-8H2,1-2H3,(H,12,14). The zero-order valence-corrected chi connectivity index (χ0v) is 9.58. The zero-order valence-electron chi connectivity index (χ0n) is 9.58. The average molecular weight is 215 g/mol. The summed E-state index contributed by atoms with van der Waals surface area (Å²) >= 11 is 0. The molecule has 5 heteroatoms. The highest BCUT2D eigenvalue weighted by Crippen LogP contribution is 2.00. The number of nitrogens with zero attached hydrogens (tertiary/aromatic N) is 1. The summed E-state index contributed by atoms with van der Waals surface area (Å²) in [6, 6.07) is -0.0380. The summed E-state index contributed by atoms with van der Waals surface area (Å²) in [6.45, 7) is 6.93. The van der Waals surface area contributed by atoms with E-state index < -0.39 is 0 Å². The highest BCUT2D eigenvalue weighted by atomic mass is 16.5. The molecule has 0 aromatic carbocycles. The Hall–Kier alpha value is -0.650. The van der Waals surface area contributed by atoms with Crippen molar-refractivity contribution in [3.05, 3.63) is 0 Å². The molecule has 1 unspecified atom stereocenters. The van der Waals surface area contributed by atoms with Gasteiger partial charge in [-0.3, -0.25) is 9.69 Å². The van der Waals surface area contributed by atoms with Crippen molar-refractivity contribution >= 4 is 5.91 Å². The molecule has 1 fully saturated rings. The molecule has 88 valence electrons. The molecule has 2 N–H and O–H groups in total. The molecule has 1 rings (SSSR count). The molecule has 5 nitrogen and oxygen atoms in total. The summed E-state index contributed by atoms with van der Waals surface area (Å²) in [5.41, 5.74) is 0. The molecule has 0 aliphatic carbocycles. The predicted molar refractivity (Wildman–Crippen MR) is 58.8 cm³/mol. The predicted octanol–water partition coefficient (Wildman–Crippen LogP) is -0.957. The van der Waals surface area contributed by atoms with E-state index in [1.54, 1.807) is 7.11 Å². The Morgan fingerprint density at radius 3 is 2.80 bits per heavy atom. The highest BCUT2D eigenvalue weighted by molar-refractivity contribution is 5.81. The minimum atomic E-state index is -0.0380. The maximum atomic E-state index is 11.7. The lowest BCUT2D eigenvalue weighted by molar-refractivity contribution is -0.126. The zero-order chi connectivity index (χ0) is 11.1. The molecular formula is C10H21N3O2. The molecule has 1 amide bonds. The molecule has 0 saturated carbocycles. The van der Waals surface area contributed by atoms with Gasteiger partial charge in [-0.25, -0.2) is 0 Å². The van der Waals surface area contributed by atoms with Crippen molar-refractivity contribution in [2.45, 2.75) is 13.0 Å². The minimum absolute atomic E-state index is 0.0380. The monoisotopic (exact) mass is 215 g/mol. The van der Waals surface area contributed by atoms with Gasteiger partial charge < -0.3 is 15.4 Å². The molecule has 0 aromatic rings. The summed E-state index contributed by atoms with van der Waals surface area (Å²) in [7, 11) is 1.63. The van der Waals surface area contributed by atoms with Gasteiger partial charge in [-0.15, -0.1) is 0 Å². The number of hydrogen-bond donors (Lipinski definition) is 2. The third kappa shape index (κ3) is 4.15. The number of rotatable bonds is 5. The second-order valence-corrected chi connectivity index (χ2v) is 3.75. The molecule has 1 aliphatic rings. The lowest BCUT2D eigenvalue weighted by Crippen LogP contribution is -2.52. The SMILES string of the molecule is COCCNC(=O)C(C)N1CCNCC1. The molecule has 1 aliphatic heterocycles. The van der Waals surface area contributed by atoms with Crippen LogP contribution in [0.1, 0.15) is 6.92 Å². The molecule has 1 saturated heterocycles. The third-order valence-corrected chi connectivity index (χ3v) is 2.68. The minimum Gasteiger partial charge on any atom is -0.383 e. The number of amides is 1. The van der Waals surface area contributed by atoms with Crippen molar-refractivity contribution in [1.29, 1.82) is 0 Å². The van der Waals surface area contributed by atoms with Gasteiger partial charge in [0.05, 0.1) is 12.6 Å². The van der Waals surface area contributed by atoms with Crippen LogP contribution in [-0.4, -0.2) is 63.3 Å². The highest BCUT2D eigenvalue weighted by Gasteiger charge is 2.21. The van der Waals surface area contributed by atoms with Gasteiger partial charge in [-0.05, 0) is 6.92 Å². The van der Waals surface area contributed by atoms with Crippen molar-refractivity contribution in [2.75, 3.05) is 46.4 Å². The Morgan fingerprint density at radius 2 is 2.20 bits per heavy atom. The maximum absolute atomic E-state index is 11.7. The van der Waals surface area contributed by atoms with Crippen LogP contribution in [0.25, 0.3) is 0 Å². The fraction of sp³-hybridized carbons (Fsp3) is 0.900. The van der Waals surface area contributed by atoms with Gasteiger partial charge in [0, 0.05) is 39.8 Å². The molecule has 1 heterocycles. The van der Waals surface area contributed by atoms with E-state index >= 15 is 0 Å². The van der Waals surface area contributed by atoms with Crippen LogP contribution in [0.2, 0.25) is 0 Å². The normalized spacial score (nSPS) is 19.9. The fourth-order valence-corrected chi connectivity index (χ4v) is 1.66. The van der Waals surface area contributed by atoms with Crippen LogP contribution < -0.4 is 10.6 Å². The lowest BCUT2D eigenvalue weighted by Gasteiger charge is -2.31. The molecule has 0 spiro atoms.